The topological polar surface area (TPSA) is 38.8 Å². The molecule has 4 saturated carbocycles. The normalized spacial score (nSPS) is 43.8. The van der Waals surface area contributed by atoms with E-state index in [0.717, 1.165) is 42.9 Å². The second-order valence-corrected chi connectivity index (χ2v) is 14.0. The van der Waals surface area contributed by atoms with Crippen LogP contribution in [-0.2, 0) is 9.47 Å². The smallest absolute Gasteiger partial charge is 0.338 e. The second kappa shape index (κ2) is 10.00. The van der Waals surface area contributed by atoms with Gasteiger partial charge < -0.3 is 9.47 Å². The number of rotatable bonds is 9. The minimum atomic E-state index is -0.174. The molecule has 1 aromatic rings. The van der Waals surface area contributed by atoms with E-state index in [1.54, 1.807) is 0 Å². The van der Waals surface area contributed by atoms with Crippen LogP contribution in [0.1, 0.15) is 127 Å². The van der Waals surface area contributed by atoms with Crippen LogP contribution in [0, 0.1) is 34.5 Å². The molecule has 0 radical (unpaired) electrons. The van der Waals surface area contributed by atoms with Crippen molar-refractivity contribution in [3.8, 4) is 0 Å². The molecule has 1 aliphatic heterocycles. The second-order valence-electron chi connectivity index (χ2n) is 14.0. The summed E-state index contributed by atoms with van der Waals surface area (Å²) in [4.78, 5) is 12.8. The fraction of sp³-hybridized carbons (Fsp3) is 0.794. The molecule has 5 aliphatic rings. The van der Waals surface area contributed by atoms with Crippen molar-refractivity contribution < 1.29 is 14.3 Å². The molecular formula is C34H50O3. The summed E-state index contributed by atoms with van der Waals surface area (Å²) >= 11 is 0. The predicted molar refractivity (Wildman–Crippen MR) is 148 cm³/mol. The number of ether oxygens (including phenoxy) is 2. The van der Waals surface area contributed by atoms with Gasteiger partial charge in [0.15, 0.2) is 0 Å². The molecule has 1 heterocycles. The number of fused-ring (bicyclic) bond motifs is 4. The first-order valence-electron chi connectivity index (χ1n) is 15.8. The fourth-order valence-corrected chi connectivity index (χ4v) is 10.3. The predicted octanol–water partition coefficient (Wildman–Crippen LogP) is 8.75. The van der Waals surface area contributed by atoms with Gasteiger partial charge in [-0.15, -0.1) is 0 Å². The van der Waals surface area contributed by atoms with E-state index in [9.17, 15) is 4.79 Å². The van der Waals surface area contributed by atoms with E-state index in [-0.39, 0.29) is 23.1 Å². The lowest BCUT2D eigenvalue weighted by Gasteiger charge is -2.59. The van der Waals surface area contributed by atoms with Crippen LogP contribution >= 0.6 is 0 Å². The Morgan fingerprint density at radius 1 is 0.946 bits per heavy atom. The Labute approximate surface area is 225 Å². The third-order valence-electron chi connectivity index (χ3n) is 12.4. The van der Waals surface area contributed by atoms with Gasteiger partial charge in [0, 0.05) is 11.8 Å². The molecule has 0 bridgehead atoms. The number of esters is 1. The Hall–Kier alpha value is -1.35. The molecule has 5 fully saturated rings. The van der Waals surface area contributed by atoms with Crippen molar-refractivity contribution in [3.63, 3.8) is 0 Å². The quantitative estimate of drug-likeness (QED) is 0.191. The van der Waals surface area contributed by atoms with Crippen LogP contribution in [0.15, 0.2) is 30.3 Å². The molecule has 0 aromatic heterocycles. The summed E-state index contributed by atoms with van der Waals surface area (Å²) in [5.74, 6) is 3.28. The zero-order chi connectivity index (χ0) is 25.7. The Morgan fingerprint density at radius 2 is 1.73 bits per heavy atom. The average Bonchev–Trinajstić information content (AvgIpc) is 3.50. The van der Waals surface area contributed by atoms with Gasteiger partial charge in [-0.25, -0.2) is 4.79 Å². The molecule has 0 amide bonds. The maximum absolute atomic E-state index is 12.8. The van der Waals surface area contributed by atoms with Crippen molar-refractivity contribution in [2.75, 3.05) is 0 Å². The minimum Gasteiger partial charge on any atom is -0.459 e. The Morgan fingerprint density at radius 3 is 2.54 bits per heavy atom. The number of epoxide rings is 1. The van der Waals surface area contributed by atoms with Crippen molar-refractivity contribution >= 4 is 5.97 Å². The van der Waals surface area contributed by atoms with Gasteiger partial charge in [0.2, 0.25) is 0 Å². The van der Waals surface area contributed by atoms with Gasteiger partial charge in [-0.1, -0.05) is 77.5 Å². The van der Waals surface area contributed by atoms with Crippen molar-refractivity contribution in [1.29, 1.82) is 0 Å². The summed E-state index contributed by atoms with van der Waals surface area (Å²) in [5, 5.41) is 0. The van der Waals surface area contributed by atoms with E-state index in [2.05, 4.69) is 20.8 Å². The molecule has 204 valence electrons. The highest BCUT2D eigenvalue weighted by atomic mass is 16.6. The molecular weight excluding hydrogens is 456 g/mol. The van der Waals surface area contributed by atoms with Crippen LogP contribution in [0.3, 0.4) is 0 Å². The van der Waals surface area contributed by atoms with Crippen molar-refractivity contribution in [1.82, 2.24) is 0 Å². The van der Waals surface area contributed by atoms with Crippen molar-refractivity contribution in [2.45, 2.75) is 135 Å². The standard InChI is InChI=1S/C34H50O3/c1-4-5-6-7-8-12-15-25-16-17-28-27-22-30-34(37-30)23-26(36-31(35)24-13-10-9-11-14-24)18-21-33(34,3)29(27)19-20-32(25,28)2/h9-11,13-14,25-30H,4-8,12,15-23H2,1-3H3/t25-,26-,27-,28-,29-,30+,32+,33+,34+/m0/s1. The molecule has 0 N–H and O–H groups in total. The lowest BCUT2D eigenvalue weighted by Crippen LogP contribution is -2.58. The lowest BCUT2D eigenvalue weighted by atomic mass is 9.44. The summed E-state index contributed by atoms with van der Waals surface area (Å²) in [6.07, 6.45) is 20.3. The van der Waals surface area contributed by atoms with Gasteiger partial charge in [-0.05, 0) is 92.6 Å². The molecule has 1 spiro atoms. The largest absolute Gasteiger partial charge is 0.459 e. The molecule has 37 heavy (non-hydrogen) atoms. The highest BCUT2D eigenvalue weighted by Gasteiger charge is 2.76. The summed E-state index contributed by atoms with van der Waals surface area (Å²) in [5.41, 5.74) is 1.42. The van der Waals surface area contributed by atoms with Crippen LogP contribution in [-0.4, -0.2) is 23.8 Å². The Bertz CT molecular complexity index is 959. The molecule has 9 atom stereocenters. The maximum atomic E-state index is 12.8. The average molecular weight is 507 g/mol. The number of unbranched alkanes of at least 4 members (excludes halogenated alkanes) is 5. The van der Waals surface area contributed by atoms with E-state index in [4.69, 9.17) is 9.47 Å². The van der Waals surface area contributed by atoms with E-state index < -0.39 is 0 Å². The number of hydrogen-bond acceptors (Lipinski definition) is 3. The first-order valence-corrected chi connectivity index (χ1v) is 15.8. The first kappa shape index (κ1) is 25.9. The maximum Gasteiger partial charge on any atom is 0.338 e. The number of carbonyl (C=O) groups is 1. The van der Waals surface area contributed by atoms with Gasteiger partial charge in [0.1, 0.15) is 11.7 Å². The lowest BCUT2D eigenvalue weighted by molar-refractivity contribution is -0.116. The fourth-order valence-electron chi connectivity index (χ4n) is 10.3. The number of hydrogen-bond donors (Lipinski definition) is 0. The third-order valence-corrected chi connectivity index (χ3v) is 12.4. The van der Waals surface area contributed by atoms with Gasteiger partial charge in [-0.2, -0.15) is 0 Å². The van der Waals surface area contributed by atoms with Crippen LogP contribution in [0.25, 0.3) is 0 Å². The minimum absolute atomic E-state index is 0.00984. The molecule has 1 saturated heterocycles. The zero-order valence-electron chi connectivity index (χ0n) is 23.7. The van der Waals surface area contributed by atoms with Gasteiger partial charge >= 0.3 is 5.97 Å². The van der Waals surface area contributed by atoms with Crippen LogP contribution in [0.2, 0.25) is 0 Å². The Kier molecular flexibility index (Phi) is 7.00. The summed E-state index contributed by atoms with van der Waals surface area (Å²) < 4.78 is 12.8. The third kappa shape index (κ3) is 4.30. The monoisotopic (exact) mass is 506 g/mol. The van der Waals surface area contributed by atoms with Crippen LogP contribution in [0.4, 0.5) is 0 Å². The molecule has 6 rings (SSSR count). The molecule has 1 aromatic carbocycles. The van der Waals surface area contributed by atoms with E-state index in [1.807, 2.05) is 30.3 Å². The highest BCUT2D eigenvalue weighted by Crippen LogP contribution is 2.74. The van der Waals surface area contributed by atoms with E-state index in [0.29, 0.717) is 17.1 Å². The first-order chi connectivity index (χ1) is 17.9. The molecule has 3 heteroatoms. The number of carbonyl (C=O) groups excluding carboxylic acids is 1. The Balaban J connectivity index is 1.09. The van der Waals surface area contributed by atoms with E-state index in [1.165, 1.54) is 77.0 Å². The van der Waals surface area contributed by atoms with Crippen molar-refractivity contribution in [3.05, 3.63) is 35.9 Å². The van der Waals surface area contributed by atoms with Crippen LogP contribution < -0.4 is 0 Å². The van der Waals surface area contributed by atoms with E-state index >= 15 is 0 Å². The number of benzene rings is 1. The summed E-state index contributed by atoms with van der Waals surface area (Å²) in [7, 11) is 0. The van der Waals surface area contributed by atoms with Crippen molar-refractivity contribution in [2.24, 2.45) is 34.5 Å². The SMILES string of the molecule is CCCCCCCC[C@H]1CC[C@H]2[C@@H]3C[C@H]4O[C@]45C[C@@H](OC(=O)c4ccccc4)CC[C@]5(C)[C@H]3CC[C@]12C. The highest BCUT2D eigenvalue weighted by molar-refractivity contribution is 5.89. The zero-order valence-corrected chi connectivity index (χ0v) is 23.7. The summed E-state index contributed by atoms with van der Waals surface area (Å²) in [6.45, 7) is 7.55. The van der Waals surface area contributed by atoms with Gasteiger partial charge in [-0.3, -0.25) is 0 Å². The van der Waals surface area contributed by atoms with Crippen LogP contribution in [0.5, 0.6) is 0 Å². The van der Waals surface area contributed by atoms with Gasteiger partial charge in [0.25, 0.3) is 0 Å². The molecule has 4 aliphatic carbocycles. The van der Waals surface area contributed by atoms with Gasteiger partial charge in [0.05, 0.1) is 11.7 Å². The molecule has 0 unspecified atom stereocenters. The molecule has 3 nitrogen and oxygen atoms in total. The summed E-state index contributed by atoms with van der Waals surface area (Å²) in [6, 6.07) is 9.48.